The summed E-state index contributed by atoms with van der Waals surface area (Å²) in [5.74, 6) is 0.198. The normalized spacial score (nSPS) is 21.0. The number of nitrogens with one attached hydrogen (secondary N) is 1. The van der Waals surface area contributed by atoms with Gasteiger partial charge >= 0.3 is 0 Å². The van der Waals surface area contributed by atoms with Crippen LogP contribution < -0.4 is 0 Å². The number of ether oxygens (including phenoxy) is 1. The minimum atomic E-state index is -0.717. The smallest absolute Gasteiger partial charge is 0.174 e. The van der Waals surface area contributed by atoms with Crippen LogP contribution >= 0.6 is 0 Å². The number of aromatic amines is 1. The third-order valence-corrected chi connectivity index (χ3v) is 5.92. The van der Waals surface area contributed by atoms with Gasteiger partial charge in [0.1, 0.15) is 5.78 Å². The van der Waals surface area contributed by atoms with Crippen molar-refractivity contribution in [3.63, 3.8) is 0 Å². The number of ketones is 2. The lowest BCUT2D eigenvalue weighted by Crippen LogP contribution is -2.23. The summed E-state index contributed by atoms with van der Waals surface area (Å²) in [7, 11) is 0. The van der Waals surface area contributed by atoms with Crippen LogP contribution in [0.2, 0.25) is 0 Å². The second-order valence-electron chi connectivity index (χ2n) is 8.23. The third-order valence-electron chi connectivity index (χ3n) is 5.92. The van der Waals surface area contributed by atoms with Gasteiger partial charge in [-0.15, -0.1) is 10.2 Å². The van der Waals surface area contributed by atoms with Crippen LogP contribution in [0.1, 0.15) is 79.5 Å². The largest absolute Gasteiger partial charge is 0.392 e. The number of tetrazole rings is 1. The van der Waals surface area contributed by atoms with Crippen LogP contribution in [-0.2, 0) is 16.0 Å². The molecule has 0 amide bonds. The topological polar surface area (TPSA) is 118 Å². The van der Waals surface area contributed by atoms with E-state index in [1.807, 2.05) is 24.3 Å². The number of carbonyl (C=O) groups excluding carboxylic acids is 2. The van der Waals surface area contributed by atoms with Crippen molar-refractivity contribution >= 4 is 11.6 Å². The molecule has 8 heteroatoms. The number of aromatic nitrogens is 4. The van der Waals surface area contributed by atoms with Crippen molar-refractivity contribution < 1.29 is 19.4 Å². The molecule has 1 aliphatic carbocycles. The van der Waals surface area contributed by atoms with Gasteiger partial charge < -0.3 is 9.84 Å². The van der Waals surface area contributed by atoms with E-state index in [1.54, 1.807) is 0 Å². The van der Waals surface area contributed by atoms with Gasteiger partial charge in [0.05, 0.1) is 18.6 Å². The maximum Gasteiger partial charge on any atom is 0.174 e. The number of nitrogens with zero attached hydrogens (tertiary/aromatic N) is 3. The van der Waals surface area contributed by atoms with Crippen molar-refractivity contribution in [2.24, 2.45) is 5.92 Å². The monoisotopic (exact) mass is 428 g/mol. The number of hydrogen-bond acceptors (Lipinski definition) is 7. The first kappa shape index (κ1) is 23.2. The Morgan fingerprint density at radius 2 is 2.00 bits per heavy atom. The zero-order chi connectivity index (χ0) is 22.1. The van der Waals surface area contributed by atoms with Crippen LogP contribution in [-0.4, -0.2) is 56.6 Å². The van der Waals surface area contributed by atoms with Crippen LogP contribution in [0.3, 0.4) is 0 Å². The fourth-order valence-corrected chi connectivity index (χ4v) is 4.16. The summed E-state index contributed by atoms with van der Waals surface area (Å²) < 4.78 is 5.77. The summed E-state index contributed by atoms with van der Waals surface area (Å²) in [6, 6.07) is 7.37. The average molecular weight is 429 g/mol. The van der Waals surface area contributed by atoms with Crippen LogP contribution in [0.25, 0.3) is 0 Å². The number of aliphatic hydroxyl groups excluding tert-OH is 1. The molecule has 8 nitrogen and oxygen atoms in total. The molecule has 0 spiro atoms. The summed E-state index contributed by atoms with van der Waals surface area (Å²) in [6.45, 7) is 2.94. The number of Topliss-reactive ketones (excluding diaryl/α,β-unsaturated/α-hetero) is 2. The van der Waals surface area contributed by atoms with Crippen LogP contribution in [0, 0.1) is 5.92 Å². The average Bonchev–Trinajstić information content (AvgIpc) is 3.38. The number of benzene rings is 1. The van der Waals surface area contributed by atoms with Crippen molar-refractivity contribution in [1.82, 2.24) is 20.6 Å². The molecule has 0 aliphatic heterocycles. The van der Waals surface area contributed by atoms with E-state index < -0.39 is 6.10 Å². The molecule has 0 saturated heterocycles. The predicted molar refractivity (Wildman–Crippen MR) is 115 cm³/mol. The molecule has 0 bridgehead atoms. The second-order valence-corrected chi connectivity index (χ2v) is 8.23. The van der Waals surface area contributed by atoms with Gasteiger partial charge in [0, 0.05) is 37.4 Å². The fraction of sp³-hybridized carbons (Fsp3) is 0.609. The molecular weight excluding hydrogens is 396 g/mol. The summed E-state index contributed by atoms with van der Waals surface area (Å²) in [5.41, 5.74) is 1.57. The number of unbranched alkanes of at least 4 members (excludes halogenated alkanes) is 3. The van der Waals surface area contributed by atoms with Crippen LogP contribution in [0.15, 0.2) is 24.3 Å². The van der Waals surface area contributed by atoms with E-state index in [0.29, 0.717) is 31.0 Å². The molecule has 0 radical (unpaired) electrons. The van der Waals surface area contributed by atoms with Crippen molar-refractivity contribution in [2.45, 2.75) is 70.3 Å². The van der Waals surface area contributed by atoms with Gasteiger partial charge in [0.25, 0.3) is 0 Å². The fourth-order valence-electron chi connectivity index (χ4n) is 4.16. The minimum Gasteiger partial charge on any atom is -0.392 e. The molecule has 1 saturated carbocycles. The standard InChI is InChI=1S/C23H32N4O4/c1-2-3-4-7-19(28)16-9-11-17(12-10-16)23-18(20(29)14-21(23)30)15-31-13-6-5-8-22-24-26-27-25-22/h9-12,18,21,23,30H,2-8,13-15H2,1H3,(H,24,25,26,27)/t18?,21-,23?/m1/s1. The molecular formula is C23H32N4O4. The summed E-state index contributed by atoms with van der Waals surface area (Å²) >= 11 is 0. The Morgan fingerprint density at radius 3 is 2.71 bits per heavy atom. The van der Waals surface area contributed by atoms with E-state index in [4.69, 9.17) is 4.74 Å². The van der Waals surface area contributed by atoms with Crippen molar-refractivity contribution in [2.75, 3.05) is 13.2 Å². The number of aliphatic hydroxyl groups is 1. The molecule has 2 N–H and O–H groups in total. The first-order valence-electron chi connectivity index (χ1n) is 11.2. The van der Waals surface area contributed by atoms with Crippen LogP contribution in [0.5, 0.6) is 0 Å². The molecule has 2 unspecified atom stereocenters. The molecule has 2 aromatic rings. The summed E-state index contributed by atoms with van der Waals surface area (Å²) in [4.78, 5) is 24.7. The molecule has 1 aromatic heterocycles. The zero-order valence-electron chi connectivity index (χ0n) is 18.1. The zero-order valence-corrected chi connectivity index (χ0v) is 18.1. The van der Waals surface area contributed by atoms with Gasteiger partial charge in [-0.2, -0.15) is 5.21 Å². The predicted octanol–water partition coefficient (Wildman–Crippen LogP) is 3.04. The van der Waals surface area contributed by atoms with E-state index in [2.05, 4.69) is 27.5 Å². The summed E-state index contributed by atoms with van der Waals surface area (Å²) in [5, 5.41) is 24.3. The Hall–Kier alpha value is -2.45. The number of H-pyrrole nitrogens is 1. The molecule has 168 valence electrons. The Morgan fingerprint density at radius 1 is 1.19 bits per heavy atom. The van der Waals surface area contributed by atoms with E-state index in [-0.39, 0.29) is 29.8 Å². The Kier molecular flexibility index (Phi) is 8.85. The third kappa shape index (κ3) is 6.51. The van der Waals surface area contributed by atoms with E-state index >= 15 is 0 Å². The van der Waals surface area contributed by atoms with E-state index in [0.717, 1.165) is 44.1 Å². The summed E-state index contributed by atoms with van der Waals surface area (Å²) in [6.07, 6.45) is 5.46. The van der Waals surface area contributed by atoms with Gasteiger partial charge in [-0.1, -0.05) is 49.2 Å². The van der Waals surface area contributed by atoms with Gasteiger partial charge in [0.15, 0.2) is 11.6 Å². The lowest BCUT2D eigenvalue weighted by Gasteiger charge is -2.21. The van der Waals surface area contributed by atoms with Crippen molar-refractivity contribution in [3.8, 4) is 0 Å². The number of aryl methyl sites for hydroxylation is 1. The van der Waals surface area contributed by atoms with Gasteiger partial charge in [0.2, 0.25) is 0 Å². The van der Waals surface area contributed by atoms with Crippen LogP contribution in [0.4, 0.5) is 0 Å². The molecule has 1 heterocycles. The maximum absolute atomic E-state index is 12.4. The highest BCUT2D eigenvalue weighted by atomic mass is 16.5. The molecule has 31 heavy (non-hydrogen) atoms. The SMILES string of the molecule is CCCCCC(=O)c1ccc(C2C(COCCCCc3nn[nH]n3)C(=O)C[C@H]2O)cc1. The highest BCUT2D eigenvalue weighted by Crippen LogP contribution is 2.38. The van der Waals surface area contributed by atoms with Crippen molar-refractivity contribution in [1.29, 1.82) is 0 Å². The van der Waals surface area contributed by atoms with E-state index in [1.165, 1.54) is 0 Å². The second kappa shape index (κ2) is 11.8. The lowest BCUT2D eigenvalue weighted by atomic mass is 9.87. The molecule has 1 aliphatic rings. The Bertz CT molecular complexity index is 823. The first-order valence-corrected chi connectivity index (χ1v) is 11.2. The lowest BCUT2D eigenvalue weighted by molar-refractivity contribution is -0.122. The molecule has 1 fully saturated rings. The molecule has 3 rings (SSSR count). The van der Waals surface area contributed by atoms with E-state index in [9.17, 15) is 14.7 Å². The number of rotatable bonds is 13. The highest BCUT2D eigenvalue weighted by molar-refractivity contribution is 5.96. The quantitative estimate of drug-likeness (QED) is 0.372. The Balaban J connectivity index is 1.50. The number of carbonyl (C=O) groups is 2. The highest BCUT2D eigenvalue weighted by Gasteiger charge is 2.42. The first-order chi connectivity index (χ1) is 15.1. The Labute approximate surface area is 182 Å². The molecule has 3 atom stereocenters. The van der Waals surface area contributed by atoms with Gasteiger partial charge in [-0.05, 0) is 24.8 Å². The maximum atomic E-state index is 12.4. The minimum absolute atomic E-state index is 0.0315. The number of hydrogen-bond donors (Lipinski definition) is 2. The van der Waals surface area contributed by atoms with Gasteiger partial charge in [-0.25, -0.2) is 0 Å². The van der Waals surface area contributed by atoms with Gasteiger partial charge in [-0.3, -0.25) is 9.59 Å². The van der Waals surface area contributed by atoms with Crippen molar-refractivity contribution in [3.05, 3.63) is 41.2 Å². The molecule has 1 aromatic carbocycles.